The molecule has 1 N–H and O–H groups in total. The van der Waals surface area contributed by atoms with E-state index < -0.39 is 0 Å². The fourth-order valence-corrected chi connectivity index (χ4v) is 3.16. The molecular formula is C18H20ClNOS. The highest BCUT2D eigenvalue weighted by atomic mass is 35.5. The van der Waals surface area contributed by atoms with Gasteiger partial charge in [0, 0.05) is 21.7 Å². The minimum atomic E-state index is -0.0160. The Kier molecular flexibility index (Phi) is 6.34. The molecule has 0 aliphatic heterocycles. The van der Waals surface area contributed by atoms with Crippen molar-refractivity contribution in [2.75, 3.05) is 6.54 Å². The normalized spacial score (nSPS) is 10.7. The Morgan fingerprint density at radius 3 is 2.50 bits per heavy atom. The van der Waals surface area contributed by atoms with Crippen LogP contribution in [0.5, 0.6) is 0 Å². The lowest BCUT2D eigenvalue weighted by Gasteiger charge is -2.11. The quantitative estimate of drug-likeness (QED) is 0.768. The zero-order valence-corrected chi connectivity index (χ0v) is 14.4. The summed E-state index contributed by atoms with van der Waals surface area (Å²) in [5.41, 5.74) is 1.91. The largest absolute Gasteiger partial charge is 0.352 e. The van der Waals surface area contributed by atoms with Gasteiger partial charge >= 0.3 is 0 Å². The summed E-state index contributed by atoms with van der Waals surface area (Å²) in [5.74, 6) is -0.0160. The van der Waals surface area contributed by atoms with E-state index in [2.05, 4.69) is 19.2 Å². The number of benzene rings is 2. The summed E-state index contributed by atoms with van der Waals surface area (Å²) in [7, 11) is 0. The Labute approximate surface area is 141 Å². The summed E-state index contributed by atoms with van der Waals surface area (Å²) in [5, 5.41) is 4.17. The second kappa shape index (κ2) is 8.25. The number of halogens is 1. The summed E-state index contributed by atoms with van der Waals surface area (Å²) in [6.07, 6.45) is 0.794. The second-order valence-electron chi connectivity index (χ2n) is 5.30. The van der Waals surface area contributed by atoms with Crippen molar-refractivity contribution in [1.82, 2.24) is 5.32 Å². The fourth-order valence-electron chi connectivity index (χ4n) is 2.08. The Bertz CT molecular complexity index is 625. The molecule has 0 saturated carbocycles. The standard InChI is InChI=1S/C18H20ClNOS/c1-13(2)22-17-6-4-3-5-16(17)18(21)20-12-11-14-7-9-15(19)10-8-14/h3-10,13H,11-12H2,1-2H3,(H,20,21). The Morgan fingerprint density at radius 1 is 1.14 bits per heavy atom. The molecule has 0 aliphatic rings. The number of thioether (sulfide) groups is 1. The van der Waals surface area contributed by atoms with E-state index in [1.165, 1.54) is 0 Å². The molecule has 116 valence electrons. The minimum Gasteiger partial charge on any atom is -0.352 e. The molecule has 2 aromatic carbocycles. The molecule has 4 heteroatoms. The first-order chi connectivity index (χ1) is 10.6. The molecule has 22 heavy (non-hydrogen) atoms. The molecule has 0 spiro atoms. The zero-order chi connectivity index (χ0) is 15.9. The van der Waals surface area contributed by atoms with E-state index in [1.54, 1.807) is 11.8 Å². The highest BCUT2D eigenvalue weighted by molar-refractivity contribution is 8.00. The number of rotatable bonds is 6. The van der Waals surface area contributed by atoms with Crippen LogP contribution in [0.3, 0.4) is 0 Å². The second-order valence-corrected chi connectivity index (χ2v) is 7.35. The van der Waals surface area contributed by atoms with E-state index >= 15 is 0 Å². The predicted octanol–water partition coefficient (Wildman–Crippen LogP) is 4.81. The molecule has 0 aliphatic carbocycles. The lowest BCUT2D eigenvalue weighted by Crippen LogP contribution is -2.26. The minimum absolute atomic E-state index is 0.0160. The maximum Gasteiger partial charge on any atom is 0.252 e. The van der Waals surface area contributed by atoms with Crippen LogP contribution in [0.15, 0.2) is 53.4 Å². The molecule has 0 fully saturated rings. The molecule has 2 aromatic rings. The molecule has 0 atom stereocenters. The number of hydrogen-bond donors (Lipinski definition) is 1. The zero-order valence-electron chi connectivity index (χ0n) is 12.8. The van der Waals surface area contributed by atoms with Crippen molar-refractivity contribution in [2.24, 2.45) is 0 Å². The van der Waals surface area contributed by atoms with Gasteiger partial charge in [-0.2, -0.15) is 0 Å². The topological polar surface area (TPSA) is 29.1 Å². The third-order valence-corrected chi connectivity index (χ3v) is 4.44. The molecule has 0 heterocycles. The van der Waals surface area contributed by atoms with Gasteiger partial charge in [-0.25, -0.2) is 0 Å². The van der Waals surface area contributed by atoms with Gasteiger partial charge in [-0.15, -0.1) is 11.8 Å². The molecule has 0 bridgehead atoms. The van der Waals surface area contributed by atoms with Crippen LogP contribution < -0.4 is 5.32 Å². The molecule has 1 amide bonds. The van der Waals surface area contributed by atoms with Gasteiger partial charge in [-0.05, 0) is 36.2 Å². The van der Waals surface area contributed by atoms with Gasteiger partial charge in [0.1, 0.15) is 0 Å². The molecule has 2 rings (SSSR count). The van der Waals surface area contributed by atoms with E-state index in [1.807, 2.05) is 48.5 Å². The first kappa shape index (κ1) is 16.9. The van der Waals surface area contributed by atoms with Crippen molar-refractivity contribution in [1.29, 1.82) is 0 Å². The first-order valence-corrected chi connectivity index (χ1v) is 8.60. The molecule has 0 radical (unpaired) electrons. The summed E-state index contributed by atoms with van der Waals surface area (Å²) in [6.45, 7) is 4.86. The van der Waals surface area contributed by atoms with Gasteiger partial charge in [0.2, 0.25) is 0 Å². The Balaban J connectivity index is 1.93. The number of carbonyl (C=O) groups excluding carboxylic acids is 1. The number of hydrogen-bond acceptors (Lipinski definition) is 2. The summed E-state index contributed by atoms with van der Waals surface area (Å²) >= 11 is 7.57. The Hall–Kier alpha value is -1.45. The van der Waals surface area contributed by atoms with Gasteiger partial charge in [0.05, 0.1) is 5.56 Å². The fraction of sp³-hybridized carbons (Fsp3) is 0.278. The van der Waals surface area contributed by atoms with Gasteiger partial charge in [-0.1, -0.05) is 49.7 Å². The van der Waals surface area contributed by atoms with Crippen molar-refractivity contribution >= 4 is 29.3 Å². The Morgan fingerprint density at radius 2 is 1.82 bits per heavy atom. The van der Waals surface area contributed by atoms with Gasteiger partial charge in [0.25, 0.3) is 5.91 Å². The van der Waals surface area contributed by atoms with E-state index in [0.29, 0.717) is 11.8 Å². The first-order valence-electron chi connectivity index (χ1n) is 7.34. The van der Waals surface area contributed by atoms with Crippen molar-refractivity contribution in [2.45, 2.75) is 30.4 Å². The lowest BCUT2D eigenvalue weighted by atomic mass is 10.1. The van der Waals surface area contributed by atoms with Crippen molar-refractivity contribution in [3.8, 4) is 0 Å². The van der Waals surface area contributed by atoms with Crippen LogP contribution in [0, 0.1) is 0 Å². The smallest absolute Gasteiger partial charge is 0.252 e. The van der Waals surface area contributed by atoms with Crippen LogP contribution in [0.2, 0.25) is 5.02 Å². The average molecular weight is 334 g/mol. The number of carbonyl (C=O) groups is 1. The molecule has 0 aromatic heterocycles. The van der Waals surface area contributed by atoms with Gasteiger partial charge < -0.3 is 5.32 Å². The van der Waals surface area contributed by atoms with Crippen LogP contribution in [0.1, 0.15) is 29.8 Å². The van der Waals surface area contributed by atoms with Crippen LogP contribution in [-0.2, 0) is 6.42 Å². The van der Waals surface area contributed by atoms with E-state index in [9.17, 15) is 4.79 Å². The van der Waals surface area contributed by atoms with Crippen molar-refractivity contribution < 1.29 is 4.79 Å². The van der Waals surface area contributed by atoms with Crippen molar-refractivity contribution in [3.05, 3.63) is 64.7 Å². The molecule has 2 nitrogen and oxygen atoms in total. The monoisotopic (exact) mass is 333 g/mol. The highest BCUT2D eigenvalue weighted by Crippen LogP contribution is 2.26. The van der Waals surface area contributed by atoms with Crippen LogP contribution in [0.4, 0.5) is 0 Å². The summed E-state index contributed by atoms with van der Waals surface area (Å²) in [4.78, 5) is 13.4. The maximum atomic E-state index is 12.3. The SMILES string of the molecule is CC(C)Sc1ccccc1C(=O)NCCc1ccc(Cl)cc1. The van der Waals surface area contributed by atoms with Crippen LogP contribution in [0.25, 0.3) is 0 Å². The average Bonchev–Trinajstić information content (AvgIpc) is 2.49. The van der Waals surface area contributed by atoms with E-state index in [0.717, 1.165) is 27.5 Å². The molecule has 0 unspecified atom stereocenters. The maximum absolute atomic E-state index is 12.3. The highest BCUT2D eigenvalue weighted by Gasteiger charge is 2.11. The van der Waals surface area contributed by atoms with Crippen LogP contribution >= 0.6 is 23.4 Å². The van der Waals surface area contributed by atoms with E-state index in [4.69, 9.17) is 11.6 Å². The number of amides is 1. The van der Waals surface area contributed by atoms with Crippen LogP contribution in [-0.4, -0.2) is 17.7 Å². The predicted molar refractivity (Wildman–Crippen MR) is 94.9 cm³/mol. The molecule has 0 saturated heterocycles. The van der Waals surface area contributed by atoms with Crippen molar-refractivity contribution in [3.63, 3.8) is 0 Å². The summed E-state index contributed by atoms with van der Waals surface area (Å²) < 4.78 is 0. The third kappa shape index (κ3) is 5.08. The van der Waals surface area contributed by atoms with Gasteiger partial charge in [0.15, 0.2) is 0 Å². The summed E-state index contributed by atoms with van der Waals surface area (Å²) in [6, 6.07) is 15.4. The molecular weight excluding hydrogens is 314 g/mol. The van der Waals surface area contributed by atoms with Gasteiger partial charge in [-0.3, -0.25) is 4.79 Å². The number of nitrogens with one attached hydrogen (secondary N) is 1. The third-order valence-electron chi connectivity index (χ3n) is 3.11. The van der Waals surface area contributed by atoms with E-state index in [-0.39, 0.29) is 5.91 Å². The lowest BCUT2D eigenvalue weighted by molar-refractivity contribution is 0.0951.